The molecule has 0 amide bonds. The first-order chi connectivity index (χ1) is 6.74. The van der Waals surface area contributed by atoms with Gasteiger partial charge < -0.3 is 5.32 Å². The van der Waals surface area contributed by atoms with Gasteiger partial charge in [-0.25, -0.2) is 4.39 Å². The maximum absolute atomic E-state index is 12.8. The van der Waals surface area contributed by atoms with Gasteiger partial charge in [-0.15, -0.1) is 0 Å². The van der Waals surface area contributed by atoms with Gasteiger partial charge in [-0.2, -0.15) is 0 Å². The Bertz CT molecular complexity index is 276. The molecule has 0 saturated heterocycles. The third-order valence-electron chi connectivity index (χ3n) is 2.30. The number of halogens is 1. The first-order valence-corrected chi connectivity index (χ1v) is 5.05. The van der Waals surface area contributed by atoms with E-state index in [1.165, 1.54) is 6.20 Å². The molecule has 1 heterocycles. The van der Waals surface area contributed by atoms with Gasteiger partial charge in [0.05, 0.1) is 6.20 Å². The molecule has 1 aromatic rings. The fraction of sp³-hybridized carbons (Fsp3) is 0.545. The van der Waals surface area contributed by atoms with Crippen molar-refractivity contribution in [3.05, 3.63) is 29.8 Å². The fourth-order valence-corrected chi connectivity index (χ4v) is 1.36. The van der Waals surface area contributed by atoms with E-state index in [-0.39, 0.29) is 5.82 Å². The Balaban J connectivity index is 2.47. The van der Waals surface area contributed by atoms with E-state index in [4.69, 9.17) is 0 Å². The molecule has 2 nitrogen and oxygen atoms in total. The van der Waals surface area contributed by atoms with Gasteiger partial charge in [0.25, 0.3) is 0 Å². The SMILES string of the molecule is CCNCCC(C)c1cncc(F)c1. The summed E-state index contributed by atoms with van der Waals surface area (Å²) in [5.74, 6) is 0.107. The van der Waals surface area contributed by atoms with Crippen LogP contribution in [-0.4, -0.2) is 18.1 Å². The van der Waals surface area contributed by atoms with Crippen LogP contribution in [0.3, 0.4) is 0 Å². The quantitative estimate of drug-likeness (QED) is 0.731. The van der Waals surface area contributed by atoms with E-state index in [2.05, 4.69) is 24.1 Å². The molecule has 78 valence electrons. The molecule has 1 N–H and O–H groups in total. The molecule has 14 heavy (non-hydrogen) atoms. The van der Waals surface area contributed by atoms with Crippen LogP contribution in [0, 0.1) is 5.82 Å². The molecule has 0 aliphatic heterocycles. The van der Waals surface area contributed by atoms with E-state index in [1.54, 1.807) is 12.3 Å². The molecule has 0 bridgehead atoms. The Labute approximate surface area is 84.6 Å². The Morgan fingerprint density at radius 2 is 2.29 bits per heavy atom. The zero-order chi connectivity index (χ0) is 10.4. The van der Waals surface area contributed by atoms with Crippen molar-refractivity contribution in [2.75, 3.05) is 13.1 Å². The van der Waals surface area contributed by atoms with E-state index >= 15 is 0 Å². The number of nitrogens with one attached hydrogen (secondary N) is 1. The van der Waals surface area contributed by atoms with Crippen LogP contribution in [0.4, 0.5) is 4.39 Å². The van der Waals surface area contributed by atoms with Crippen molar-refractivity contribution >= 4 is 0 Å². The van der Waals surface area contributed by atoms with Crippen molar-refractivity contribution in [3.63, 3.8) is 0 Å². The van der Waals surface area contributed by atoms with Crippen molar-refractivity contribution < 1.29 is 4.39 Å². The van der Waals surface area contributed by atoms with Crippen molar-refractivity contribution in [1.82, 2.24) is 10.3 Å². The van der Waals surface area contributed by atoms with E-state index in [0.717, 1.165) is 25.1 Å². The van der Waals surface area contributed by atoms with Crippen LogP contribution in [0.5, 0.6) is 0 Å². The average Bonchev–Trinajstić information content (AvgIpc) is 2.18. The summed E-state index contributed by atoms with van der Waals surface area (Å²) in [5, 5.41) is 3.25. The summed E-state index contributed by atoms with van der Waals surface area (Å²) in [6.07, 6.45) is 3.99. The predicted octanol–water partition coefficient (Wildman–Crippen LogP) is 2.32. The zero-order valence-electron chi connectivity index (χ0n) is 8.76. The molecular weight excluding hydrogens is 179 g/mol. The number of pyridine rings is 1. The topological polar surface area (TPSA) is 24.9 Å². The molecule has 1 rings (SSSR count). The van der Waals surface area contributed by atoms with E-state index < -0.39 is 0 Å². The number of hydrogen-bond donors (Lipinski definition) is 1. The van der Waals surface area contributed by atoms with Crippen molar-refractivity contribution in [1.29, 1.82) is 0 Å². The Morgan fingerprint density at radius 1 is 1.50 bits per heavy atom. The minimum Gasteiger partial charge on any atom is -0.317 e. The molecule has 0 aliphatic carbocycles. The summed E-state index contributed by atoms with van der Waals surface area (Å²) >= 11 is 0. The van der Waals surface area contributed by atoms with Crippen LogP contribution in [0.2, 0.25) is 0 Å². The van der Waals surface area contributed by atoms with Gasteiger partial charge >= 0.3 is 0 Å². The molecule has 1 atom stereocenters. The van der Waals surface area contributed by atoms with E-state index in [9.17, 15) is 4.39 Å². The third-order valence-corrected chi connectivity index (χ3v) is 2.30. The fourth-order valence-electron chi connectivity index (χ4n) is 1.36. The Kier molecular flexibility index (Phi) is 4.53. The van der Waals surface area contributed by atoms with E-state index in [1.807, 2.05) is 0 Å². The largest absolute Gasteiger partial charge is 0.317 e. The monoisotopic (exact) mass is 196 g/mol. The number of nitrogens with zero attached hydrogens (tertiary/aromatic N) is 1. The maximum Gasteiger partial charge on any atom is 0.141 e. The number of hydrogen-bond acceptors (Lipinski definition) is 2. The van der Waals surface area contributed by atoms with Gasteiger partial charge in [0.1, 0.15) is 5.82 Å². The van der Waals surface area contributed by atoms with Crippen molar-refractivity contribution in [2.45, 2.75) is 26.2 Å². The summed E-state index contributed by atoms with van der Waals surface area (Å²) in [7, 11) is 0. The van der Waals surface area contributed by atoms with Crippen LogP contribution in [-0.2, 0) is 0 Å². The zero-order valence-corrected chi connectivity index (χ0v) is 8.76. The highest BCUT2D eigenvalue weighted by molar-refractivity contribution is 5.14. The van der Waals surface area contributed by atoms with Crippen LogP contribution in [0.15, 0.2) is 18.5 Å². The number of rotatable bonds is 5. The van der Waals surface area contributed by atoms with Gasteiger partial charge in [-0.05, 0) is 37.1 Å². The normalized spacial score (nSPS) is 12.8. The van der Waals surface area contributed by atoms with Gasteiger partial charge in [0.2, 0.25) is 0 Å². The second-order valence-electron chi connectivity index (χ2n) is 3.48. The predicted molar refractivity (Wildman–Crippen MR) is 55.8 cm³/mol. The van der Waals surface area contributed by atoms with Gasteiger partial charge in [0, 0.05) is 6.20 Å². The Morgan fingerprint density at radius 3 is 2.93 bits per heavy atom. The van der Waals surface area contributed by atoms with Gasteiger partial charge in [0.15, 0.2) is 0 Å². The Hall–Kier alpha value is -0.960. The molecule has 0 saturated carbocycles. The molecule has 1 aromatic heterocycles. The van der Waals surface area contributed by atoms with Gasteiger partial charge in [-0.3, -0.25) is 4.98 Å². The highest BCUT2D eigenvalue weighted by Gasteiger charge is 2.05. The molecule has 0 aliphatic rings. The molecule has 0 aromatic carbocycles. The standard InChI is InChI=1S/C11H17FN2/c1-3-13-5-4-9(2)10-6-11(12)8-14-7-10/h6-9,13H,3-5H2,1-2H3. The van der Waals surface area contributed by atoms with Gasteiger partial charge in [-0.1, -0.05) is 13.8 Å². The van der Waals surface area contributed by atoms with Crippen molar-refractivity contribution in [2.24, 2.45) is 0 Å². The molecule has 1 unspecified atom stereocenters. The molecule has 3 heteroatoms. The summed E-state index contributed by atoms with van der Waals surface area (Å²) in [6.45, 7) is 6.12. The van der Waals surface area contributed by atoms with Crippen LogP contribution >= 0.6 is 0 Å². The first-order valence-electron chi connectivity index (χ1n) is 5.05. The van der Waals surface area contributed by atoms with Crippen molar-refractivity contribution in [3.8, 4) is 0 Å². The second kappa shape index (κ2) is 5.70. The smallest absolute Gasteiger partial charge is 0.141 e. The molecule has 0 fully saturated rings. The lowest BCUT2D eigenvalue weighted by atomic mass is 10.00. The third kappa shape index (κ3) is 3.42. The lowest BCUT2D eigenvalue weighted by Crippen LogP contribution is -2.16. The second-order valence-corrected chi connectivity index (χ2v) is 3.48. The summed E-state index contributed by atoms with van der Waals surface area (Å²) in [4.78, 5) is 3.84. The minimum absolute atomic E-state index is 0.252. The summed E-state index contributed by atoms with van der Waals surface area (Å²) in [6, 6.07) is 1.56. The summed E-state index contributed by atoms with van der Waals surface area (Å²) in [5.41, 5.74) is 0.975. The number of aromatic nitrogens is 1. The summed E-state index contributed by atoms with van der Waals surface area (Å²) < 4.78 is 12.8. The van der Waals surface area contributed by atoms with Crippen LogP contribution in [0.25, 0.3) is 0 Å². The van der Waals surface area contributed by atoms with Crippen LogP contribution in [0.1, 0.15) is 31.7 Å². The minimum atomic E-state index is -0.252. The highest BCUT2D eigenvalue weighted by Crippen LogP contribution is 2.17. The lowest BCUT2D eigenvalue weighted by molar-refractivity contribution is 0.589. The van der Waals surface area contributed by atoms with E-state index in [0.29, 0.717) is 5.92 Å². The highest BCUT2D eigenvalue weighted by atomic mass is 19.1. The first kappa shape index (κ1) is 11.1. The maximum atomic E-state index is 12.8. The van der Waals surface area contributed by atoms with Crippen LogP contribution < -0.4 is 5.32 Å². The average molecular weight is 196 g/mol. The molecule has 0 spiro atoms. The molecular formula is C11H17FN2. The molecule has 0 radical (unpaired) electrons. The lowest BCUT2D eigenvalue weighted by Gasteiger charge is -2.11.